The molecule has 9 heteroatoms. The fourth-order valence-electron chi connectivity index (χ4n) is 5.84. The number of thiazole rings is 1. The number of anilines is 1. The second kappa shape index (κ2) is 11.7. The number of ether oxygens (including phenoxy) is 3. The Bertz CT molecular complexity index is 1970. The Kier molecular flexibility index (Phi) is 7.47. The summed E-state index contributed by atoms with van der Waals surface area (Å²) in [5.41, 5.74) is 3.65. The van der Waals surface area contributed by atoms with E-state index in [2.05, 4.69) is 0 Å². The molecule has 2 aliphatic heterocycles. The van der Waals surface area contributed by atoms with Gasteiger partial charge in [-0.2, -0.15) is 0 Å². The van der Waals surface area contributed by atoms with Gasteiger partial charge in [0.2, 0.25) is 0 Å². The predicted molar refractivity (Wildman–Crippen MR) is 173 cm³/mol. The average molecular weight is 619 g/mol. The minimum atomic E-state index is -0.944. The van der Waals surface area contributed by atoms with E-state index in [9.17, 15) is 14.7 Å². The number of benzene rings is 4. The molecule has 1 N–H and O–H groups in total. The number of aliphatic hydroxyl groups is 1. The maximum absolute atomic E-state index is 13.8. The molecule has 7 rings (SSSR count). The van der Waals surface area contributed by atoms with Crippen molar-refractivity contribution in [3.8, 4) is 17.2 Å². The summed E-state index contributed by atoms with van der Waals surface area (Å²) >= 11 is 1.29. The van der Waals surface area contributed by atoms with Crippen LogP contribution in [0.3, 0.4) is 0 Å². The van der Waals surface area contributed by atoms with Crippen molar-refractivity contribution in [1.29, 1.82) is 0 Å². The van der Waals surface area contributed by atoms with Gasteiger partial charge in [0.1, 0.15) is 35.7 Å². The Morgan fingerprint density at radius 3 is 2.62 bits per heavy atom. The van der Waals surface area contributed by atoms with Crippen molar-refractivity contribution in [2.24, 2.45) is 0 Å². The highest BCUT2D eigenvalue weighted by Crippen LogP contribution is 2.45. The molecule has 0 bridgehead atoms. The smallest absolute Gasteiger partial charge is 0.301 e. The van der Waals surface area contributed by atoms with Crippen LogP contribution in [0.2, 0.25) is 0 Å². The van der Waals surface area contributed by atoms with Crippen LogP contribution in [-0.2, 0) is 22.6 Å². The first-order chi connectivity index (χ1) is 21.9. The lowest BCUT2D eigenvalue weighted by Gasteiger charge is -2.23. The van der Waals surface area contributed by atoms with Gasteiger partial charge in [0.25, 0.3) is 5.78 Å². The van der Waals surface area contributed by atoms with Crippen molar-refractivity contribution in [2.45, 2.75) is 39.0 Å². The van der Waals surface area contributed by atoms with Crippen LogP contribution in [0, 0.1) is 0 Å². The van der Waals surface area contributed by atoms with E-state index in [0.29, 0.717) is 52.9 Å². The van der Waals surface area contributed by atoms with Gasteiger partial charge >= 0.3 is 5.91 Å². The van der Waals surface area contributed by atoms with Gasteiger partial charge in [-0.25, -0.2) is 4.98 Å². The largest absolute Gasteiger partial charge is 0.507 e. The third-order valence-corrected chi connectivity index (χ3v) is 8.92. The van der Waals surface area contributed by atoms with E-state index in [1.165, 1.54) is 16.2 Å². The molecule has 0 spiro atoms. The average Bonchev–Trinajstić information content (AvgIpc) is 3.72. The second-order valence-electron chi connectivity index (χ2n) is 11.0. The molecule has 4 aromatic carbocycles. The molecule has 0 unspecified atom stereocenters. The summed E-state index contributed by atoms with van der Waals surface area (Å²) in [6.45, 7) is 4.75. The molecule has 0 radical (unpaired) electrons. The van der Waals surface area contributed by atoms with E-state index in [1.54, 1.807) is 18.2 Å². The van der Waals surface area contributed by atoms with Gasteiger partial charge in [-0.05, 0) is 79.1 Å². The number of Topliss-reactive ketones (excluding diaryl/α,β-unsaturated/α-hetero) is 1. The highest BCUT2D eigenvalue weighted by molar-refractivity contribution is 7.22. The molecule has 1 saturated heterocycles. The van der Waals surface area contributed by atoms with Crippen LogP contribution in [0.4, 0.5) is 5.13 Å². The molecule has 3 heterocycles. The Hall–Kier alpha value is -5.15. The molecule has 8 nitrogen and oxygen atoms in total. The number of hydrogen-bond acceptors (Lipinski definition) is 8. The fraction of sp³-hybridized carbons (Fsp3) is 0.194. The van der Waals surface area contributed by atoms with E-state index < -0.39 is 17.7 Å². The molecule has 0 saturated carbocycles. The van der Waals surface area contributed by atoms with Gasteiger partial charge < -0.3 is 19.3 Å². The minimum absolute atomic E-state index is 0.0126. The summed E-state index contributed by atoms with van der Waals surface area (Å²) in [6.07, 6.45) is 0.702. The zero-order valence-electron chi connectivity index (χ0n) is 24.7. The van der Waals surface area contributed by atoms with Gasteiger partial charge in [-0.1, -0.05) is 53.8 Å². The third kappa shape index (κ3) is 5.40. The Morgan fingerprint density at radius 2 is 1.80 bits per heavy atom. The van der Waals surface area contributed by atoms with Gasteiger partial charge in [-0.15, -0.1) is 0 Å². The summed E-state index contributed by atoms with van der Waals surface area (Å²) in [4.78, 5) is 33.8. The van der Waals surface area contributed by atoms with Crippen LogP contribution in [0.1, 0.15) is 42.1 Å². The molecule has 226 valence electrons. The minimum Gasteiger partial charge on any atom is -0.507 e. The van der Waals surface area contributed by atoms with E-state index in [1.807, 2.05) is 86.6 Å². The normalized spacial score (nSPS) is 18.7. The van der Waals surface area contributed by atoms with Crippen molar-refractivity contribution in [2.75, 3.05) is 11.5 Å². The molecular weight excluding hydrogens is 588 g/mol. The summed E-state index contributed by atoms with van der Waals surface area (Å²) < 4.78 is 18.4. The Morgan fingerprint density at radius 1 is 0.978 bits per heavy atom. The lowest BCUT2D eigenvalue weighted by molar-refractivity contribution is -0.132. The van der Waals surface area contributed by atoms with Crippen LogP contribution in [-0.4, -0.2) is 34.5 Å². The van der Waals surface area contributed by atoms with Gasteiger partial charge in [0.15, 0.2) is 5.13 Å². The van der Waals surface area contributed by atoms with Crippen LogP contribution < -0.4 is 19.1 Å². The van der Waals surface area contributed by atoms with Crippen molar-refractivity contribution in [3.63, 3.8) is 0 Å². The molecular formula is C36H30N2O6S. The number of nitrogens with zero attached hydrogens (tertiary/aromatic N) is 2. The third-order valence-electron chi connectivity index (χ3n) is 7.90. The zero-order chi connectivity index (χ0) is 31.1. The monoisotopic (exact) mass is 618 g/mol. The van der Waals surface area contributed by atoms with Gasteiger partial charge in [0, 0.05) is 12.0 Å². The number of rotatable bonds is 8. The number of aliphatic hydroxyl groups excluding tert-OH is 1. The Labute approximate surface area is 264 Å². The maximum Gasteiger partial charge on any atom is 0.301 e. The first kappa shape index (κ1) is 28.6. The van der Waals surface area contributed by atoms with E-state index in [0.717, 1.165) is 21.6 Å². The summed E-state index contributed by atoms with van der Waals surface area (Å²) in [7, 11) is 0. The van der Waals surface area contributed by atoms with Crippen molar-refractivity contribution in [3.05, 3.63) is 119 Å². The predicted octanol–water partition coefficient (Wildman–Crippen LogP) is 7.22. The zero-order valence-corrected chi connectivity index (χ0v) is 25.5. The number of aromatic nitrogens is 1. The van der Waals surface area contributed by atoms with Gasteiger partial charge in [0.05, 0.1) is 28.4 Å². The SMILES string of the molecule is CCOc1ccc2nc(N3C(=O)C(=O)/C(=C(/O)c4ccc5c(c4)C[C@@H](C)O5)[C@H]3c3cccc(OCc4ccccc4)c3)sc2c1. The number of hydrogen-bond donors (Lipinski definition) is 1. The van der Waals surface area contributed by atoms with Crippen molar-refractivity contribution >= 4 is 44.1 Å². The maximum atomic E-state index is 13.8. The van der Waals surface area contributed by atoms with E-state index >= 15 is 0 Å². The summed E-state index contributed by atoms with van der Waals surface area (Å²) in [5.74, 6) is 0.207. The lowest BCUT2D eigenvalue weighted by Crippen LogP contribution is -2.29. The van der Waals surface area contributed by atoms with Crippen molar-refractivity contribution < 1.29 is 28.9 Å². The molecule has 0 aliphatic carbocycles. The number of carbonyl (C=O) groups is 2. The molecule has 1 fully saturated rings. The first-order valence-electron chi connectivity index (χ1n) is 14.8. The van der Waals surface area contributed by atoms with Gasteiger partial charge in [-0.3, -0.25) is 14.5 Å². The second-order valence-corrected chi connectivity index (χ2v) is 12.0. The van der Waals surface area contributed by atoms with E-state index in [4.69, 9.17) is 19.2 Å². The van der Waals surface area contributed by atoms with Crippen LogP contribution in [0.5, 0.6) is 17.2 Å². The number of carbonyl (C=O) groups excluding carboxylic acids is 2. The highest BCUT2D eigenvalue weighted by Gasteiger charge is 2.48. The summed E-state index contributed by atoms with van der Waals surface area (Å²) in [5, 5.41) is 12.1. The number of ketones is 1. The van der Waals surface area contributed by atoms with Crippen LogP contribution >= 0.6 is 11.3 Å². The summed E-state index contributed by atoms with van der Waals surface area (Å²) in [6, 6.07) is 27.0. The first-order valence-corrected chi connectivity index (χ1v) is 15.6. The molecule has 2 atom stereocenters. The standard InChI is InChI=1S/C36H30N2O6S/c1-3-42-27-13-14-28-30(19-27)45-36(37-28)38-32(23-10-7-11-26(18-23)43-20-22-8-5-4-6-9-22)31(34(40)35(38)41)33(39)24-12-15-29-25(17-24)16-21(2)44-29/h4-15,17-19,21,32,39H,3,16,20H2,1-2H3/b33-31+/t21-,32-/m1/s1. The molecule has 2 aliphatic rings. The van der Waals surface area contributed by atoms with E-state index in [-0.39, 0.29) is 17.4 Å². The quantitative estimate of drug-likeness (QED) is 0.111. The van der Waals surface area contributed by atoms with Crippen LogP contribution in [0.15, 0.2) is 96.6 Å². The number of amides is 1. The molecule has 45 heavy (non-hydrogen) atoms. The van der Waals surface area contributed by atoms with Crippen molar-refractivity contribution in [1.82, 2.24) is 4.98 Å². The topological polar surface area (TPSA) is 98.2 Å². The molecule has 5 aromatic rings. The lowest BCUT2D eigenvalue weighted by atomic mass is 9.94. The van der Waals surface area contributed by atoms with Crippen LogP contribution in [0.25, 0.3) is 16.0 Å². The fourth-order valence-corrected chi connectivity index (χ4v) is 6.86. The molecule has 1 amide bonds. The number of fused-ring (bicyclic) bond motifs is 2. The Balaban J connectivity index is 1.34. The highest BCUT2D eigenvalue weighted by atomic mass is 32.1. The molecule has 1 aromatic heterocycles.